The summed E-state index contributed by atoms with van der Waals surface area (Å²) >= 11 is 0. The molecule has 82 valence electrons. The third-order valence-electron chi connectivity index (χ3n) is 2.47. The maximum atomic E-state index is 11.4. The topological polar surface area (TPSA) is 55.1 Å². The Balaban J connectivity index is 2.70. The molecular weight excluding hydrogens is 188 g/mol. The van der Waals surface area contributed by atoms with Crippen LogP contribution in [0.5, 0.6) is 0 Å². The van der Waals surface area contributed by atoms with E-state index in [2.05, 4.69) is 11.4 Å². The second-order valence-electron chi connectivity index (χ2n) is 3.74. The summed E-state index contributed by atoms with van der Waals surface area (Å²) in [5, 5.41) is 2.63. The van der Waals surface area contributed by atoms with Gasteiger partial charge in [0.05, 0.1) is 5.92 Å². The summed E-state index contributed by atoms with van der Waals surface area (Å²) < 4.78 is 0. The molecule has 0 radical (unpaired) electrons. The Bertz CT molecular complexity index is 336. The van der Waals surface area contributed by atoms with Gasteiger partial charge in [-0.25, -0.2) is 0 Å². The summed E-state index contributed by atoms with van der Waals surface area (Å²) in [6.07, 6.45) is 0.706. The maximum Gasteiger partial charge on any atom is 0.224 e. The number of aryl methyl sites for hydroxylation is 1. The number of hydrogen-bond acceptors (Lipinski definition) is 2. The van der Waals surface area contributed by atoms with E-state index in [9.17, 15) is 4.79 Å². The van der Waals surface area contributed by atoms with Gasteiger partial charge in [0.25, 0.3) is 0 Å². The zero-order valence-electron chi connectivity index (χ0n) is 9.29. The summed E-state index contributed by atoms with van der Waals surface area (Å²) in [7, 11) is 1.64. The average Bonchev–Trinajstić information content (AvgIpc) is 2.25. The van der Waals surface area contributed by atoms with Gasteiger partial charge < -0.3 is 11.1 Å². The summed E-state index contributed by atoms with van der Waals surface area (Å²) in [4.78, 5) is 11.4. The van der Waals surface area contributed by atoms with Crippen molar-refractivity contribution >= 4 is 5.91 Å². The molecule has 1 aromatic carbocycles. The highest BCUT2D eigenvalue weighted by molar-refractivity contribution is 5.78. The Morgan fingerprint density at radius 3 is 2.80 bits per heavy atom. The molecule has 0 saturated heterocycles. The minimum atomic E-state index is -0.128. The Morgan fingerprint density at radius 1 is 1.53 bits per heavy atom. The van der Waals surface area contributed by atoms with Crippen molar-refractivity contribution in [3.63, 3.8) is 0 Å². The van der Waals surface area contributed by atoms with E-state index in [1.54, 1.807) is 7.05 Å². The minimum Gasteiger partial charge on any atom is -0.359 e. The Morgan fingerprint density at radius 2 is 2.27 bits per heavy atom. The lowest BCUT2D eigenvalue weighted by molar-refractivity contribution is -0.124. The van der Waals surface area contributed by atoms with Crippen LogP contribution in [0.2, 0.25) is 0 Å². The normalized spacial score (nSPS) is 12.2. The largest absolute Gasteiger partial charge is 0.359 e. The summed E-state index contributed by atoms with van der Waals surface area (Å²) in [6.45, 7) is 2.43. The van der Waals surface area contributed by atoms with Crippen molar-refractivity contribution in [3.05, 3.63) is 35.4 Å². The first kappa shape index (κ1) is 11.7. The summed E-state index contributed by atoms with van der Waals surface area (Å²) in [5.74, 6) is -0.115. The van der Waals surface area contributed by atoms with Crippen LogP contribution in [0.1, 0.15) is 11.1 Å². The van der Waals surface area contributed by atoms with Crippen LogP contribution in [0, 0.1) is 12.8 Å². The van der Waals surface area contributed by atoms with Gasteiger partial charge in [-0.2, -0.15) is 0 Å². The van der Waals surface area contributed by atoms with E-state index in [1.165, 1.54) is 5.56 Å². The molecule has 1 atom stereocenters. The molecule has 15 heavy (non-hydrogen) atoms. The van der Waals surface area contributed by atoms with E-state index in [-0.39, 0.29) is 11.8 Å². The summed E-state index contributed by atoms with van der Waals surface area (Å²) in [6, 6.07) is 8.16. The van der Waals surface area contributed by atoms with Crippen LogP contribution in [0.4, 0.5) is 0 Å². The van der Waals surface area contributed by atoms with Crippen molar-refractivity contribution in [2.45, 2.75) is 13.3 Å². The molecule has 1 unspecified atom stereocenters. The molecule has 0 aromatic heterocycles. The SMILES string of the molecule is CNC(=O)C(CN)Cc1cccc(C)c1. The van der Waals surface area contributed by atoms with Crippen molar-refractivity contribution in [1.29, 1.82) is 0 Å². The van der Waals surface area contributed by atoms with Gasteiger partial charge in [-0.3, -0.25) is 4.79 Å². The first-order chi connectivity index (χ1) is 7.17. The predicted octanol–water partition coefficient (Wildman–Crippen LogP) is 0.858. The van der Waals surface area contributed by atoms with E-state index in [1.807, 2.05) is 25.1 Å². The van der Waals surface area contributed by atoms with E-state index in [4.69, 9.17) is 5.73 Å². The highest BCUT2D eigenvalue weighted by Crippen LogP contribution is 2.10. The molecule has 1 rings (SSSR count). The highest BCUT2D eigenvalue weighted by atomic mass is 16.1. The Kier molecular flexibility index (Phi) is 4.31. The van der Waals surface area contributed by atoms with Crippen LogP contribution >= 0.6 is 0 Å². The number of hydrogen-bond donors (Lipinski definition) is 2. The monoisotopic (exact) mass is 206 g/mol. The molecule has 0 bridgehead atoms. The molecule has 0 heterocycles. The zero-order valence-corrected chi connectivity index (χ0v) is 9.29. The molecule has 0 fully saturated rings. The van der Waals surface area contributed by atoms with E-state index in [0.29, 0.717) is 13.0 Å². The molecule has 3 nitrogen and oxygen atoms in total. The molecule has 1 aromatic rings. The van der Waals surface area contributed by atoms with Crippen LogP contribution in [0.15, 0.2) is 24.3 Å². The standard InChI is InChI=1S/C12H18N2O/c1-9-4-3-5-10(6-9)7-11(8-13)12(15)14-2/h3-6,11H,7-8,13H2,1-2H3,(H,14,15). The second-order valence-corrected chi connectivity index (χ2v) is 3.74. The Hall–Kier alpha value is -1.35. The number of amides is 1. The van der Waals surface area contributed by atoms with Crippen molar-refractivity contribution in [2.24, 2.45) is 11.7 Å². The Labute approximate surface area is 90.7 Å². The molecule has 0 spiro atoms. The van der Waals surface area contributed by atoms with Crippen molar-refractivity contribution in [1.82, 2.24) is 5.32 Å². The van der Waals surface area contributed by atoms with Crippen LogP contribution in [0.25, 0.3) is 0 Å². The number of nitrogens with one attached hydrogen (secondary N) is 1. The first-order valence-corrected chi connectivity index (χ1v) is 5.14. The van der Waals surface area contributed by atoms with Crippen molar-refractivity contribution in [2.75, 3.05) is 13.6 Å². The molecule has 1 amide bonds. The van der Waals surface area contributed by atoms with E-state index in [0.717, 1.165) is 5.56 Å². The number of carbonyl (C=O) groups excluding carboxylic acids is 1. The van der Waals surface area contributed by atoms with Gasteiger partial charge >= 0.3 is 0 Å². The van der Waals surface area contributed by atoms with Gasteiger partial charge in [0.2, 0.25) is 5.91 Å². The van der Waals surface area contributed by atoms with E-state index < -0.39 is 0 Å². The first-order valence-electron chi connectivity index (χ1n) is 5.14. The lowest BCUT2D eigenvalue weighted by Crippen LogP contribution is -2.34. The predicted molar refractivity (Wildman–Crippen MR) is 61.5 cm³/mol. The second kappa shape index (κ2) is 5.51. The van der Waals surface area contributed by atoms with Crippen LogP contribution in [-0.4, -0.2) is 19.5 Å². The van der Waals surface area contributed by atoms with Crippen LogP contribution in [-0.2, 0) is 11.2 Å². The van der Waals surface area contributed by atoms with Gasteiger partial charge in [-0.15, -0.1) is 0 Å². The molecule has 0 saturated carbocycles. The van der Waals surface area contributed by atoms with Gasteiger partial charge in [-0.05, 0) is 18.9 Å². The minimum absolute atomic E-state index is 0.0130. The number of nitrogens with two attached hydrogens (primary N) is 1. The van der Waals surface area contributed by atoms with Gasteiger partial charge in [-0.1, -0.05) is 29.8 Å². The fourth-order valence-electron chi connectivity index (χ4n) is 1.61. The molecule has 0 aliphatic heterocycles. The third kappa shape index (κ3) is 3.36. The zero-order chi connectivity index (χ0) is 11.3. The molecule has 3 heteroatoms. The van der Waals surface area contributed by atoms with Crippen LogP contribution in [0.3, 0.4) is 0 Å². The lowest BCUT2D eigenvalue weighted by Gasteiger charge is -2.13. The number of benzene rings is 1. The van der Waals surface area contributed by atoms with Gasteiger partial charge in [0, 0.05) is 13.6 Å². The molecule has 0 aliphatic rings. The number of carbonyl (C=O) groups is 1. The van der Waals surface area contributed by atoms with Gasteiger partial charge in [0.1, 0.15) is 0 Å². The maximum absolute atomic E-state index is 11.4. The fraction of sp³-hybridized carbons (Fsp3) is 0.417. The smallest absolute Gasteiger partial charge is 0.224 e. The van der Waals surface area contributed by atoms with Gasteiger partial charge in [0.15, 0.2) is 0 Å². The molecule has 3 N–H and O–H groups in total. The highest BCUT2D eigenvalue weighted by Gasteiger charge is 2.15. The fourth-order valence-corrected chi connectivity index (χ4v) is 1.61. The average molecular weight is 206 g/mol. The van der Waals surface area contributed by atoms with Crippen LogP contribution < -0.4 is 11.1 Å². The molecular formula is C12H18N2O. The number of rotatable bonds is 4. The lowest BCUT2D eigenvalue weighted by atomic mass is 9.97. The molecule has 0 aliphatic carbocycles. The van der Waals surface area contributed by atoms with Crippen molar-refractivity contribution < 1.29 is 4.79 Å². The quantitative estimate of drug-likeness (QED) is 0.767. The summed E-state index contributed by atoms with van der Waals surface area (Å²) in [5.41, 5.74) is 7.94. The van der Waals surface area contributed by atoms with Crippen molar-refractivity contribution in [3.8, 4) is 0 Å². The third-order valence-corrected chi connectivity index (χ3v) is 2.47. The van der Waals surface area contributed by atoms with E-state index >= 15 is 0 Å².